The average Bonchev–Trinajstić information content (AvgIpc) is 2.33. The number of alkyl carbamates (subject to hydrolysis) is 1. The molecule has 0 spiro atoms. The zero-order valence-corrected chi connectivity index (χ0v) is 14.0. The number of hydrogen-bond acceptors (Lipinski definition) is 3. The summed E-state index contributed by atoms with van der Waals surface area (Å²) in [7, 11) is 0. The van der Waals surface area contributed by atoms with Crippen LogP contribution in [0.15, 0.2) is 18.2 Å². The summed E-state index contributed by atoms with van der Waals surface area (Å²) >= 11 is 0. The smallest absolute Gasteiger partial charge is 0.407 e. The van der Waals surface area contributed by atoms with Crippen molar-refractivity contribution < 1.29 is 9.53 Å². The van der Waals surface area contributed by atoms with Crippen molar-refractivity contribution in [3.05, 3.63) is 34.9 Å². The van der Waals surface area contributed by atoms with Gasteiger partial charge in [-0.2, -0.15) is 0 Å². The van der Waals surface area contributed by atoms with Crippen LogP contribution in [0.1, 0.15) is 58.2 Å². The summed E-state index contributed by atoms with van der Waals surface area (Å²) in [5.41, 5.74) is 8.64. The summed E-state index contributed by atoms with van der Waals surface area (Å²) in [4.78, 5) is 11.7. The SMILES string of the molecule is CC(C)(C)OC(=O)NCc1cc(CN)cc(C(C)(C)C)c1. The molecule has 0 heterocycles. The second-order valence-corrected chi connectivity index (χ2v) is 7.35. The van der Waals surface area contributed by atoms with Crippen LogP contribution in [0.25, 0.3) is 0 Å². The van der Waals surface area contributed by atoms with Gasteiger partial charge in [0.15, 0.2) is 0 Å². The van der Waals surface area contributed by atoms with Gasteiger partial charge in [-0.25, -0.2) is 4.79 Å². The van der Waals surface area contributed by atoms with E-state index >= 15 is 0 Å². The first-order valence-corrected chi connectivity index (χ1v) is 7.31. The van der Waals surface area contributed by atoms with Gasteiger partial charge in [-0.3, -0.25) is 0 Å². The summed E-state index contributed by atoms with van der Waals surface area (Å²) < 4.78 is 5.24. The van der Waals surface area contributed by atoms with Crippen LogP contribution in [0.4, 0.5) is 4.79 Å². The molecule has 21 heavy (non-hydrogen) atoms. The van der Waals surface area contributed by atoms with Crippen LogP contribution in [0.2, 0.25) is 0 Å². The van der Waals surface area contributed by atoms with E-state index < -0.39 is 11.7 Å². The number of carbonyl (C=O) groups excluding carboxylic acids is 1. The molecule has 0 radical (unpaired) electrons. The zero-order chi connectivity index (χ0) is 16.3. The molecule has 0 unspecified atom stereocenters. The summed E-state index contributed by atoms with van der Waals surface area (Å²) in [5.74, 6) is 0. The van der Waals surface area contributed by atoms with Crippen molar-refractivity contribution in [2.24, 2.45) is 5.73 Å². The Morgan fingerprint density at radius 1 is 1.10 bits per heavy atom. The topological polar surface area (TPSA) is 64.3 Å². The highest BCUT2D eigenvalue weighted by molar-refractivity contribution is 5.67. The first-order chi connectivity index (χ1) is 9.51. The van der Waals surface area contributed by atoms with Crippen LogP contribution in [-0.4, -0.2) is 11.7 Å². The van der Waals surface area contributed by atoms with E-state index in [1.54, 1.807) is 0 Å². The molecule has 0 aromatic heterocycles. The van der Waals surface area contributed by atoms with Crippen molar-refractivity contribution in [3.63, 3.8) is 0 Å². The molecule has 0 aliphatic rings. The Balaban J connectivity index is 2.82. The van der Waals surface area contributed by atoms with Gasteiger partial charge in [-0.15, -0.1) is 0 Å². The molecule has 0 saturated carbocycles. The first kappa shape index (κ1) is 17.5. The van der Waals surface area contributed by atoms with Crippen LogP contribution in [0.5, 0.6) is 0 Å². The van der Waals surface area contributed by atoms with E-state index in [-0.39, 0.29) is 5.41 Å². The van der Waals surface area contributed by atoms with Crippen molar-refractivity contribution in [1.29, 1.82) is 0 Å². The molecule has 4 heteroatoms. The van der Waals surface area contributed by atoms with Gasteiger partial charge in [0.1, 0.15) is 5.60 Å². The van der Waals surface area contributed by atoms with Crippen molar-refractivity contribution in [2.75, 3.05) is 0 Å². The number of benzene rings is 1. The monoisotopic (exact) mass is 292 g/mol. The second-order valence-electron chi connectivity index (χ2n) is 7.35. The summed E-state index contributed by atoms with van der Waals surface area (Å²) in [5, 5.41) is 2.78. The van der Waals surface area contributed by atoms with Crippen LogP contribution in [-0.2, 0) is 23.2 Å². The van der Waals surface area contributed by atoms with Crippen molar-refractivity contribution >= 4 is 6.09 Å². The van der Waals surface area contributed by atoms with Crippen molar-refractivity contribution in [1.82, 2.24) is 5.32 Å². The highest BCUT2D eigenvalue weighted by Crippen LogP contribution is 2.24. The average molecular weight is 292 g/mol. The number of nitrogens with two attached hydrogens (primary N) is 1. The molecule has 0 aliphatic heterocycles. The molecule has 0 aliphatic carbocycles. The van der Waals surface area contributed by atoms with Crippen LogP contribution < -0.4 is 11.1 Å². The minimum absolute atomic E-state index is 0.0475. The number of nitrogens with one attached hydrogen (secondary N) is 1. The summed E-state index contributed by atoms with van der Waals surface area (Å²) in [6.45, 7) is 12.9. The molecule has 1 aromatic carbocycles. The predicted octanol–water partition coefficient (Wildman–Crippen LogP) is 3.47. The van der Waals surface area contributed by atoms with Gasteiger partial charge in [0, 0.05) is 13.1 Å². The third-order valence-corrected chi connectivity index (χ3v) is 2.99. The molecule has 1 aromatic rings. The molecule has 4 nitrogen and oxygen atoms in total. The van der Waals surface area contributed by atoms with Crippen molar-refractivity contribution in [2.45, 2.75) is 65.6 Å². The highest BCUT2D eigenvalue weighted by Gasteiger charge is 2.17. The maximum atomic E-state index is 11.7. The fraction of sp³-hybridized carbons (Fsp3) is 0.588. The van der Waals surface area contributed by atoms with Gasteiger partial charge in [0.2, 0.25) is 0 Å². The highest BCUT2D eigenvalue weighted by atomic mass is 16.6. The van der Waals surface area contributed by atoms with E-state index in [1.165, 1.54) is 5.56 Å². The third-order valence-electron chi connectivity index (χ3n) is 2.99. The van der Waals surface area contributed by atoms with E-state index in [2.05, 4.69) is 38.2 Å². The van der Waals surface area contributed by atoms with Crippen molar-refractivity contribution in [3.8, 4) is 0 Å². The lowest BCUT2D eigenvalue weighted by atomic mass is 9.85. The molecule has 3 N–H and O–H groups in total. The second kappa shape index (κ2) is 6.48. The molecule has 0 bridgehead atoms. The zero-order valence-electron chi connectivity index (χ0n) is 14.0. The van der Waals surface area contributed by atoms with Crippen LogP contribution >= 0.6 is 0 Å². The Morgan fingerprint density at radius 3 is 2.14 bits per heavy atom. The molecule has 118 valence electrons. The minimum atomic E-state index is -0.486. The summed E-state index contributed by atoms with van der Waals surface area (Å²) in [6.07, 6.45) is -0.405. The lowest BCUT2D eigenvalue weighted by Crippen LogP contribution is -2.32. The Bertz CT molecular complexity index is 496. The normalized spacial score (nSPS) is 12.1. The number of amides is 1. The predicted molar refractivity (Wildman–Crippen MR) is 86.1 cm³/mol. The number of rotatable bonds is 3. The fourth-order valence-electron chi connectivity index (χ4n) is 1.90. The van der Waals surface area contributed by atoms with E-state index in [0.29, 0.717) is 13.1 Å². The maximum absolute atomic E-state index is 11.7. The Kier molecular flexibility index (Phi) is 5.40. The van der Waals surface area contributed by atoms with E-state index in [0.717, 1.165) is 11.1 Å². The van der Waals surface area contributed by atoms with Gasteiger partial charge in [0.25, 0.3) is 0 Å². The summed E-state index contributed by atoms with van der Waals surface area (Å²) in [6, 6.07) is 6.25. The van der Waals surface area contributed by atoms with Gasteiger partial charge in [0.05, 0.1) is 0 Å². The van der Waals surface area contributed by atoms with Gasteiger partial charge in [-0.1, -0.05) is 39.0 Å². The number of hydrogen-bond donors (Lipinski definition) is 2. The van der Waals surface area contributed by atoms with E-state index in [1.807, 2.05) is 26.8 Å². The van der Waals surface area contributed by atoms with Crippen LogP contribution in [0, 0.1) is 0 Å². The Morgan fingerprint density at radius 2 is 1.67 bits per heavy atom. The quantitative estimate of drug-likeness (QED) is 0.896. The van der Waals surface area contributed by atoms with Gasteiger partial charge in [-0.05, 0) is 42.9 Å². The molecule has 0 atom stereocenters. The Labute approximate surface area is 128 Å². The maximum Gasteiger partial charge on any atom is 0.407 e. The molecule has 1 rings (SSSR count). The third kappa shape index (κ3) is 6.17. The van der Waals surface area contributed by atoms with Crippen LogP contribution in [0.3, 0.4) is 0 Å². The van der Waals surface area contributed by atoms with E-state index in [4.69, 9.17) is 10.5 Å². The fourth-order valence-corrected chi connectivity index (χ4v) is 1.90. The molecular formula is C17H28N2O2. The molecular weight excluding hydrogens is 264 g/mol. The lowest BCUT2D eigenvalue weighted by molar-refractivity contribution is 0.0523. The minimum Gasteiger partial charge on any atom is -0.444 e. The lowest BCUT2D eigenvalue weighted by Gasteiger charge is -2.22. The van der Waals surface area contributed by atoms with Gasteiger partial charge >= 0.3 is 6.09 Å². The Hall–Kier alpha value is -1.55. The van der Waals surface area contributed by atoms with Gasteiger partial charge < -0.3 is 15.8 Å². The number of ether oxygens (including phenoxy) is 1. The number of carbonyl (C=O) groups is 1. The molecule has 0 saturated heterocycles. The largest absolute Gasteiger partial charge is 0.444 e. The standard InChI is InChI=1S/C17H28N2O2/c1-16(2,3)14-8-12(10-18)7-13(9-14)11-19-15(20)21-17(4,5)6/h7-9H,10-11,18H2,1-6H3,(H,19,20). The first-order valence-electron chi connectivity index (χ1n) is 7.31. The molecule has 1 amide bonds. The molecule has 0 fully saturated rings. The van der Waals surface area contributed by atoms with E-state index in [9.17, 15) is 4.79 Å².